The number of aryl methyl sites for hydroxylation is 2. The monoisotopic (exact) mass is 519 g/mol. The van der Waals surface area contributed by atoms with Crippen molar-refractivity contribution in [2.75, 3.05) is 13.6 Å². The van der Waals surface area contributed by atoms with Crippen molar-refractivity contribution in [3.8, 4) is 11.3 Å². The van der Waals surface area contributed by atoms with E-state index in [1.807, 2.05) is 64.5 Å². The lowest BCUT2D eigenvalue weighted by atomic mass is 9.89. The standard InChI is InChI=1S/C27H33N3OS.2ClH/c1-8-30(7)17-28-22-15-18(2)21(14-19(22)3)16-23-29-24(20-12-10-9-11-13-20)25(32-23)26(31)27(4,5)6;;/h9-15,17H,8,16H2,1-7H3;2*1H/b28-17-;;. The third-order valence-electron chi connectivity index (χ3n) is 5.50. The van der Waals surface area contributed by atoms with Crippen molar-refractivity contribution < 1.29 is 4.79 Å². The van der Waals surface area contributed by atoms with Crippen LogP contribution in [0.25, 0.3) is 11.3 Å². The third kappa shape index (κ3) is 7.14. The van der Waals surface area contributed by atoms with Crippen molar-refractivity contribution in [1.82, 2.24) is 9.88 Å². The minimum Gasteiger partial charge on any atom is -0.366 e. The zero-order chi connectivity index (χ0) is 23.5. The highest BCUT2D eigenvalue weighted by Crippen LogP contribution is 2.35. The number of halogens is 2. The van der Waals surface area contributed by atoms with Gasteiger partial charge in [0.2, 0.25) is 0 Å². The highest BCUT2D eigenvalue weighted by molar-refractivity contribution is 7.14. The summed E-state index contributed by atoms with van der Waals surface area (Å²) in [6, 6.07) is 14.3. The molecule has 0 bridgehead atoms. The average Bonchev–Trinajstić information content (AvgIpc) is 3.17. The predicted molar refractivity (Wildman–Crippen MR) is 151 cm³/mol. The highest BCUT2D eigenvalue weighted by atomic mass is 35.5. The van der Waals surface area contributed by atoms with E-state index < -0.39 is 5.41 Å². The molecule has 2 aromatic carbocycles. The maximum absolute atomic E-state index is 13.2. The van der Waals surface area contributed by atoms with E-state index >= 15 is 0 Å². The van der Waals surface area contributed by atoms with E-state index in [1.165, 1.54) is 22.5 Å². The molecule has 0 aliphatic heterocycles. The fourth-order valence-corrected chi connectivity index (χ4v) is 4.58. The van der Waals surface area contributed by atoms with Crippen LogP contribution in [0.15, 0.2) is 47.5 Å². The predicted octanol–water partition coefficient (Wildman–Crippen LogP) is 7.70. The maximum atomic E-state index is 13.2. The molecule has 1 aromatic heterocycles. The first-order valence-corrected chi connectivity index (χ1v) is 11.9. The quantitative estimate of drug-likeness (QED) is 0.182. The molecule has 0 spiro atoms. The van der Waals surface area contributed by atoms with Crippen molar-refractivity contribution in [2.24, 2.45) is 10.4 Å². The van der Waals surface area contributed by atoms with E-state index in [4.69, 9.17) is 4.98 Å². The van der Waals surface area contributed by atoms with Crippen molar-refractivity contribution in [1.29, 1.82) is 0 Å². The fourth-order valence-electron chi connectivity index (χ4n) is 3.32. The molecular weight excluding hydrogens is 485 g/mol. The molecule has 184 valence electrons. The Kier molecular flexibility index (Phi) is 10.9. The SMILES string of the molecule is CCN(C)/C=N\c1cc(C)c(Cc2nc(-c3ccccc3)c(C(=O)C(C)(C)C)s2)cc1C.Cl.Cl. The van der Waals surface area contributed by atoms with Crippen molar-refractivity contribution >= 4 is 54.0 Å². The molecule has 7 heteroatoms. The summed E-state index contributed by atoms with van der Waals surface area (Å²) in [5.74, 6) is 0.137. The molecule has 4 nitrogen and oxygen atoms in total. The number of rotatable bonds is 7. The van der Waals surface area contributed by atoms with Crippen molar-refractivity contribution in [3.05, 3.63) is 69.0 Å². The van der Waals surface area contributed by atoms with Crippen LogP contribution in [0, 0.1) is 19.3 Å². The summed E-state index contributed by atoms with van der Waals surface area (Å²) in [4.78, 5) is 25.6. The largest absolute Gasteiger partial charge is 0.366 e. The normalized spacial score (nSPS) is 11.1. The summed E-state index contributed by atoms with van der Waals surface area (Å²) in [5.41, 5.74) is 5.85. The second-order valence-corrected chi connectivity index (χ2v) is 10.4. The van der Waals surface area contributed by atoms with Gasteiger partial charge in [0.25, 0.3) is 0 Å². The summed E-state index contributed by atoms with van der Waals surface area (Å²) in [6.07, 6.45) is 2.58. The Bertz CT molecular complexity index is 1130. The summed E-state index contributed by atoms with van der Waals surface area (Å²) in [7, 11) is 2.02. The molecule has 0 aliphatic carbocycles. The first-order valence-electron chi connectivity index (χ1n) is 11.0. The summed E-state index contributed by atoms with van der Waals surface area (Å²) in [6.45, 7) is 13.1. The second kappa shape index (κ2) is 12.5. The van der Waals surface area contributed by atoms with Gasteiger partial charge in [0.1, 0.15) is 0 Å². The molecule has 0 amide bonds. The molecule has 0 radical (unpaired) electrons. The molecule has 0 unspecified atom stereocenters. The van der Waals surface area contributed by atoms with E-state index in [0.29, 0.717) is 6.42 Å². The Balaban J connectivity index is 0.00000289. The van der Waals surface area contributed by atoms with Gasteiger partial charge in [-0.1, -0.05) is 57.2 Å². The van der Waals surface area contributed by atoms with Gasteiger partial charge in [0.15, 0.2) is 5.78 Å². The Hall–Kier alpha value is -2.21. The number of carbonyl (C=O) groups is 1. The molecular formula is C27H35Cl2N3OS. The minimum absolute atomic E-state index is 0. The van der Waals surface area contributed by atoms with E-state index in [9.17, 15) is 4.79 Å². The van der Waals surface area contributed by atoms with Gasteiger partial charge in [-0.25, -0.2) is 9.98 Å². The molecule has 3 aromatic rings. The van der Waals surface area contributed by atoms with Crippen LogP contribution in [0.3, 0.4) is 0 Å². The van der Waals surface area contributed by atoms with Gasteiger partial charge in [-0.3, -0.25) is 4.79 Å². The van der Waals surface area contributed by atoms with Gasteiger partial charge in [-0.05, 0) is 43.5 Å². The number of Topliss-reactive ketones (excluding diaryl/α,β-unsaturated/α-hetero) is 1. The summed E-state index contributed by atoms with van der Waals surface area (Å²) >= 11 is 1.52. The number of thiazole rings is 1. The summed E-state index contributed by atoms with van der Waals surface area (Å²) < 4.78 is 0. The fraction of sp³-hybridized carbons (Fsp3) is 0.370. The van der Waals surface area contributed by atoms with Gasteiger partial charge < -0.3 is 4.90 Å². The number of carbonyl (C=O) groups excluding carboxylic acids is 1. The molecule has 34 heavy (non-hydrogen) atoms. The Morgan fingerprint density at radius 2 is 1.74 bits per heavy atom. The van der Waals surface area contributed by atoms with E-state index in [1.54, 1.807) is 0 Å². The van der Waals surface area contributed by atoms with Crippen LogP contribution in [0.2, 0.25) is 0 Å². The molecule has 0 saturated carbocycles. The van der Waals surface area contributed by atoms with Crippen LogP contribution >= 0.6 is 36.2 Å². The molecule has 1 heterocycles. The van der Waals surface area contributed by atoms with Crippen LogP contribution in [0.5, 0.6) is 0 Å². The average molecular weight is 521 g/mol. The lowest BCUT2D eigenvalue weighted by Gasteiger charge is -2.15. The Morgan fingerprint density at radius 3 is 2.32 bits per heavy atom. The smallest absolute Gasteiger partial charge is 0.180 e. The van der Waals surface area contributed by atoms with Gasteiger partial charge in [-0.15, -0.1) is 36.2 Å². The number of nitrogens with zero attached hydrogens (tertiary/aromatic N) is 3. The molecule has 3 rings (SSSR count). The molecule has 0 atom stereocenters. The van der Waals surface area contributed by atoms with Crippen LogP contribution < -0.4 is 0 Å². The Morgan fingerprint density at radius 1 is 1.09 bits per heavy atom. The van der Waals surface area contributed by atoms with E-state index in [2.05, 4.69) is 42.8 Å². The summed E-state index contributed by atoms with van der Waals surface area (Å²) in [5, 5.41) is 0.959. The van der Waals surface area contributed by atoms with Crippen LogP contribution in [-0.4, -0.2) is 35.6 Å². The third-order valence-corrected chi connectivity index (χ3v) is 6.55. The number of aromatic nitrogens is 1. The second-order valence-electron chi connectivity index (χ2n) is 9.29. The maximum Gasteiger partial charge on any atom is 0.180 e. The zero-order valence-electron chi connectivity index (χ0n) is 21.0. The van der Waals surface area contributed by atoms with Crippen LogP contribution in [-0.2, 0) is 6.42 Å². The molecule has 0 fully saturated rings. The molecule has 0 saturated heterocycles. The topological polar surface area (TPSA) is 45.6 Å². The van der Waals surface area contributed by atoms with E-state index in [0.717, 1.165) is 38.9 Å². The van der Waals surface area contributed by atoms with Gasteiger partial charge in [0, 0.05) is 31.0 Å². The van der Waals surface area contributed by atoms with Crippen molar-refractivity contribution in [2.45, 2.75) is 48.0 Å². The number of hydrogen-bond acceptors (Lipinski definition) is 4. The number of ketones is 1. The van der Waals surface area contributed by atoms with Crippen molar-refractivity contribution in [3.63, 3.8) is 0 Å². The Labute approximate surface area is 220 Å². The molecule has 0 N–H and O–H groups in total. The lowest BCUT2D eigenvalue weighted by Crippen LogP contribution is -2.19. The van der Waals surface area contributed by atoms with Crippen LogP contribution in [0.4, 0.5) is 5.69 Å². The minimum atomic E-state index is -0.453. The first-order chi connectivity index (χ1) is 15.1. The van der Waals surface area contributed by atoms with Gasteiger partial charge in [0.05, 0.1) is 27.6 Å². The number of aliphatic imine (C=N–C) groups is 1. The van der Waals surface area contributed by atoms with Crippen LogP contribution in [0.1, 0.15) is 59.1 Å². The van der Waals surface area contributed by atoms with E-state index in [-0.39, 0.29) is 30.6 Å². The lowest BCUT2D eigenvalue weighted by molar-refractivity contribution is 0.0863. The number of benzene rings is 2. The zero-order valence-corrected chi connectivity index (χ0v) is 23.5. The molecule has 0 aliphatic rings. The highest BCUT2D eigenvalue weighted by Gasteiger charge is 2.29. The van der Waals surface area contributed by atoms with Gasteiger partial charge >= 0.3 is 0 Å². The van der Waals surface area contributed by atoms with Gasteiger partial charge in [-0.2, -0.15) is 0 Å². The first kappa shape index (κ1) is 29.8. The number of hydrogen-bond donors (Lipinski definition) is 0.